The maximum atomic E-state index is 13.0. The van der Waals surface area contributed by atoms with Crippen LogP contribution in [0.4, 0.5) is 0 Å². The molecule has 0 unspecified atom stereocenters. The number of hydrogen-bond acceptors (Lipinski definition) is 5. The molecule has 0 spiro atoms. The summed E-state index contributed by atoms with van der Waals surface area (Å²) in [6.07, 6.45) is 2.99. The summed E-state index contributed by atoms with van der Waals surface area (Å²) in [7, 11) is -3.81. The molecule has 0 fully saturated rings. The van der Waals surface area contributed by atoms with Gasteiger partial charge in [-0.25, -0.2) is 8.42 Å². The van der Waals surface area contributed by atoms with Crippen LogP contribution in [0.3, 0.4) is 0 Å². The van der Waals surface area contributed by atoms with Crippen LogP contribution in [-0.4, -0.2) is 46.8 Å². The van der Waals surface area contributed by atoms with Crippen LogP contribution in [0.15, 0.2) is 59.5 Å². The van der Waals surface area contributed by atoms with E-state index in [9.17, 15) is 18.0 Å². The number of hydrogen-bond donors (Lipinski definition) is 2. The van der Waals surface area contributed by atoms with E-state index in [0.29, 0.717) is 11.8 Å². The second-order valence-electron chi connectivity index (χ2n) is 7.99. The van der Waals surface area contributed by atoms with Crippen LogP contribution in [0.2, 0.25) is 0 Å². The lowest BCUT2D eigenvalue weighted by Crippen LogP contribution is -2.49. The Kier molecular flexibility index (Phi) is 6.82. The first-order valence-corrected chi connectivity index (χ1v) is 12.0. The number of aliphatic hydroxyl groups is 1. The van der Waals surface area contributed by atoms with Gasteiger partial charge in [0.15, 0.2) is 14.6 Å². The fourth-order valence-corrected chi connectivity index (χ4v) is 4.42. The van der Waals surface area contributed by atoms with Gasteiger partial charge < -0.3 is 14.9 Å². The summed E-state index contributed by atoms with van der Waals surface area (Å²) in [4.78, 5) is 25.0. The lowest BCUT2D eigenvalue weighted by molar-refractivity contribution is -0.131. The van der Waals surface area contributed by atoms with Crippen LogP contribution in [0.1, 0.15) is 18.9 Å². The molecule has 1 aromatic heterocycles. The number of aromatic nitrogens is 1. The van der Waals surface area contributed by atoms with E-state index < -0.39 is 20.5 Å². The van der Waals surface area contributed by atoms with Gasteiger partial charge in [0.05, 0.1) is 0 Å². The summed E-state index contributed by atoms with van der Waals surface area (Å²) in [6.45, 7) is 1.37. The van der Waals surface area contributed by atoms with Gasteiger partial charge in [-0.15, -0.1) is 5.48 Å². The Balaban J connectivity index is 1.90. The minimum atomic E-state index is -3.81. The number of fused-ring (bicyclic) bond motifs is 1. The van der Waals surface area contributed by atoms with Crippen molar-refractivity contribution in [3.63, 3.8) is 0 Å². The molecule has 0 aliphatic heterocycles. The Morgan fingerprint density at radius 1 is 1.12 bits per heavy atom. The minimum absolute atomic E-state index is 0.0137. The molecule has 9 heteroatoms. The number of rotatable bonds is 8. The zero-order valence-electron chi connectivity index (χ0n) is 18.0. The number of nitrogens with zero attached hydrogens (tertiary/aromatic N) is 1. The van der Waals surface area contributed by atoms with E-state index in [1.807, 2.05) is 36.4 Å². The second kappa shape index (κ2) is 9.23. The SMILES string of the molecule is C[C@@](CCn1ccc2cc(-c3ccc(CCO)cc3)ccc2c1=O)(C(=O)N[OH2+])S(C)(=O)=O. The van der Waals surface area contributed by atoms with Crippen molar-refractivity contribution in [1.82, 2.24) is 10.0 Å². The summed E-state index contributed by atoms with van der Waals surface area (Å²) in [5.41, 5.74) is 4.35. The van der Waals surface area contributed by atoms with Crippen LogP contribution < -0.4 is 11.0 Å². The molecule has 0 saturated heterocycles. The number of aryl methyl sites for hydroxylation is 1. The smallest absolute Gasteiger partial charge is 0.304 e. The van der Waals surface area contributed by atoms with Gasteiger partial charge in [-0.1, -0.05) is 30.3 Å². The average molecular weight is 460 g/mol. The molecule has 0 bridgehead atoms. The Labute approximate surface area is 186 Å². The van der Waals surface area contributed by atoms with Crippen LogP contribution in [-0.2, 0) is 27.6 Å². The third kappa shape index (κ3) is 4.59. The Hall–Kier alpha value is -3.01. The molecule has 1 heterocycles. The fraction of sp³-hybridized carbons (Fsp3) is 0.304. The molecular weight excluding hydrogens is 432 g/mol. The van der Waals surface area contributed by atoms with Crippen LogP contribution in [0, 0.1) is 0 Å². The third-order valence-corrected chi connectivity index (χ3v) is 7.93. The van der Waals surface area contributed by atoms with Crippen molar-refractivity contribution >= 4 is 26.5 Å². The van der Waals surface area contributed by atoms with Crippen LogP contribution in [0.5, 0.6) is 0 Å². The quantitative estimate of drug-likeness (QED) is 0.386. The van der Waals surface area contributed by atoms with Gasteiger partial charge in [-0.3, -0.25) is 9.59 Å². The normalized spacial score (nSPS) is 13.6. The van der Waals surface area contributed by atoms with Crippen molar-refractivity contribution in [1.29, 1.82) is 0 Å². The Morgan fingerprint density at radius 3 is 2.38 bits per heavy atom. The van der Waals surface area contributed by atoms with E-state index in [2.05, 4.69) is 0 Å². The number of benzene rings is 2. The van der Waals surface area contributed by atoms with Crippen molar-refractivity contribution in [3.05, 3.63) is 70.6 Å². The number of aliphatic hydroxyl groups excluding tert-OH is 1. The second-order valence-corrected chi connectivity index (χ2v) is 10.4. The largest absolute Gasteiger partial charge is 0.396 e. The number of pyridine rings is 1. The maximum Gasteiger partial charge on any atom is 0.304 e. The average Bonchev–Trinajstić information content (AvgIpc) is 2.77. The summed E-state index contributed by atoms with van der Waals surface area (Å²) in [6, 6.07) is 15.1. The van der Waals surface area contributed by atoms with Gasteiger partial charge in [0, 0.05) is 31.0 Å². The third-order valence-electron chi connectivity index (χ3n) is 5.91. The first-order chi connectivity index (χ1) is 15.1. The van der Waals surface area contributed by atoms with Gasteiger partial charge in [0.2, 0.25) is 0 Å². The molecule has 1 atom stereocenters. The molecule has 170 valence electrons. The predicted octanol–water partition coefficient (Wildman–Crippen LogP) is 1.15. The van der Waals surface area contributed by atoms with E-state index in [-0.39, 0.29) is 25.1 Å². The number of carbonyl (C=O) groups is 1. The molecule has 4 N–H and O–H groups in total. The molecule has 2 aromatic carbocycles. The molecule has 8 nitrogen and oxygen atoms in total. The van der Waals surface area contributed by atoms with Gasteiger partial charge in [0.25, 0.3) is 5.56 Å². The first kappa shape index (κ1) is 23.6. The number of carbonyl (C=O) groups excluding carboxylic acids is 1. The van der Waals surface area contributed by atoms with E-state index in [1.165, 1.54) is 11.5 Å². The van der Waals surface area contributed by atoms with Crippen LogP contribution >= 0.6 is 0 Å². The van der Waals surface area contributed by atoms with Gasteiger partial charge in [-0.2, -0.15) is 0 Å². The van der Waals surface area contributed by atoms with Gasteiger partial charge >= 0.3 is 5.91 Å². The lowest BCUT2D eigenvalue weighted by Gasteiger charge is -2.24. The van der Waals surface area contributed by atoms with E-state index in [1.54, 1.807) is 23.8 Å². The zero-order valence-corrected chi connectivity index (χ0v) is 18.8. The van der Waals surface area contributed by atoms with Crippen molar-refractivity contribution in [2.75, 3.05) is 12.9 Å². The number of sulfone groups is 1. The summed E-state index contributed by atoms with van der Waals surface area (Å²) in [5, 5.41) is 17.3. The molecule has 3 aromatic rings. The Bertz CT molecular complexity index is 1300. The number of hydroxylamine groups is 1. The lowest BCUT2D eigenvalue weighted by atomic mass is 10.0. The Morgan fingerprint density at radius 2 is 1.78 bits per heavy atom. The molecule has 0 radical (unpaired) electrons. The maximum absolute atomic E-state index is 13.0. The summed E-state index contributed by atoms with van der Waals surface area (Å²) < 4.78 is 23.9. The molecule has 32 heavy (non-hydrogen) atoms. The highest BCUT2D eigenvalue weighted by molar-refractivity contribution is 7.92. The van der Waals surface area contributed by atoms with E-state index in [0.717, 1.165) is 28.3 Å². The standard InChI is InChI=1S/C23H26N2O6S/c1-23(22(28)24-29,32(2,30)31)11-13-25-12-9-19-15-18(7-8-20(19)21(25)27)17-5-3-16(4-6-17)10-14-26/h3-9,12,15,26,29H,10-11,13-14H2,1-2H3,(H,24,28)/p+1/t23-/m1/s1. The number of amides is 1. The van der Waals surface area contributed by atoms with Crippen molar-refractivity contribution in [3.8, 4) is 11.1 Å². The molecule has 1 amide bonds. The predicted molar refractivity (Wildman–Crippen MR) is 124 cm³/mol. The van der Waals surface area contributed by atoms with Crippen molar-refractivity contribution in [2.24, 2.45) is 0 Å². The zero-order chi connectivity index (χ0) is 23.5. The molecule has 0 aliphatic rings. The minimum Gasteiger partial charge on any atom is -0.396 e. The fourth-order valence-electron chi connectivity index (χ4n) is 3.57. The number of nitrogens with one attached hydrogen (secondary N) is 1. The van der Waals surface area contributed by atoms with Gasteiger partial charge in [0.1, 0.15) is 0 Å². The van der Waals surface area contributed by atoms with Crippen LogP contribution in [0.25, 0.3) is 21.9 Å². The van der Waals surface area contributed by atoms with E-state index >= 15 is 0 Å². The van der Waals surface area contributed by atoms with Crippen molar-refractivity contribution < 1.29 is 23.5 Å². The molecular formula is C23H27N2O6S+. The molecule has 3 rings (SSSR count). The summed E-state index contributed by atoms with van der Waals surface area (Å²) in [5.74, 6) is -0.927. The highest BCUT2D eigenvalue weighted by Gasteiger charge is 2.44. The van der Waals surface area contributed by atoms with Crippen molar-refractivity contribution in [2.45, 2.75) is 31.1 Å². The first-order valence-electron chi connectivity index (χ1n) is 10.1. The highest BCUT2D eigenvalue weighted by atomic mass is 32.2. The monoisotopic (exact) mass is 459 g/mol. The molecule has 0 saturated carbocycles. The summed E-state index contributed by atoms with van der Waals surface area (Å²) >= 11 is 0. The van der Waals surface area contributed by atoms with Gasteiger partial charge in [-0.05, 0) is 60.0 Å². The topological polar surface area (TPSA) is 128 Å². The van der Waals surface area contributed by atoms with E-state index in [4.69, 9.17) is 10.3 Å². The molecule has 0 aliphatic carbocycles. The highest BCUT2D eigenvalue weighted by Crippen LogP contribution is 2.25.